The number of nitrogens with zero attached hydrogens (tertiary/aromatic N) is 1. The molecule has 1 saturated heterocycles. The van der Waals surface area contributed by atoms with Crippen LogP contribution in [0.25, 0.3) is 6.08 Å². The highest BCUT2D eigenvalue weighted by atomic mass is 32.2. The zero-order chi connectivity index (χ0) is 18.6. The Hall–Kier alpha value is -2.48. The van der Waals surface area contributed by atoms with E-state index in [1.807, 2.05) is 6.92 Å². The molecule has 1 heterocycles. The van der Waals surface area contributed by atoms with Gasteiger partial charge in [0.2, 0.25) is 0 Å². The van der Waals surface area contributed by atoms with Crippen LogP contribution in [0, 0.1) is 0 Å². The number of rotatable bonds is 7. The fourth-order valence-electron chi connectivity index (χ4n) is 2.18. The number of hydrogen-bond acceptors (Lipinski definition) is 6. The number of amides is 2. The smallest absolute Gasteiger partial charge is 0.344 e. The first kappa shape index (κ1) is 18.9. The van der Waals surface area contributed by atoms with E-state index in [-0.39, 0.29) is 16.9 Å². The van der Waals surface area contributed by atoms with Gasteiger partial charge in [-0.25, -0.2) is 4.79 Å². The second kappa shape index (κ2) is 8.06. The molecule has 0 bridgehead atoms. The Morgan fingerprint density at radius 1 is 1.36 bits per heavy atom. The van der Waals surface area contributed by atoms with Gasteiger partial charge in [0.15, 0.2) is 17.6 Å². The first-order valence-corrected chi connectivity index (χ1v) is 8.51. The predicted octanol–water partition coefficient (Wildman–Crippen LogP) is 2.99. The van der Waals surface area contributed by atoms with Gasteiger partial charge >= 0.3 is 5.97 Å². The van der Waals surface area contributed by atoms with Crippen LogP contribution in [0.2, 0.25) is 0 Å². The molecule has 2 amide bonds. The van der Waals surface area contributed by atoms with Gasteiger partial charge in [0.05, 0.1) is 12.0 Å². The third kappa shape index (κ3) is 4.33. The average Bonchev–Trinajstić information content (AvgIpc) is 2.83. The topological polar surface area (TPSA) is 93.1 Å². The highest BCUT2D eigenvalue weighted by molar-refractivity contribution is 8.18. The Bertz CT molecular complexity index is 730. The summed E-state index contributed by atoms with van der Waals surface area (Å²) in [7, 11) is 1.44. The van der Waals surface area contributed by atoms with Crippen molar-refractivity contribution in [1.82, 2.24) is 4.90 Å². The van der Waals surface area contributed by atoms with E-state index in [0.717, 1.165) is 11.8 Å². The van der Waals surface area contributed by atoms with Crippen LogP contribution < -0.4 is 9.47 Å². The normalized spacial score (nSPS) is 17.1. The molecule has 8 heteroatoms. The van der Waals surface area contributed by atoms with Crippen LogP contribution in [-0.2, 0) is 9.59 Å². The lowest BCUT2D eigenvalue weighted by Gasteiger charge is -2.14. The Kier molecular flexibility index (Phi) is 6.08. The number of thioether (sulfide) groups is 1. The molecule has 1 N–H and O–H groups in total. The summed E-state index contributed by atoms with van der Waals surface area (Å²) in [5.41, 5.74) is 0.647. The molecule has 2 rings (SSSR count). The number of methoxy groups -OCH3 is 1. The number of ether oxygens (including phenoxy) is 2. The van der Waals surface area contributed by atoms with E-state index < -0.39 is 12.1 Å². The molecule has 1 aliphatic heterocycles. The van der Waals surface area contributed by atoms with Crippen molar-refractivity contribution in [2.75, 3.05) is 13.7 Å². The first-order chi connectivity index (χ1) is 11.9. The quantitative estimate of drug-likeness (QED) is 0.742. The molecule has 0 spiro atoms. The van der Waals surface area contributed by atoms with Gasteiger partial charge < -0.3 is 14.6 Å². The summed E-state index contributed by atoms with van der Waals surface area (Å²) in [5, 5.41) is 8.64. The number of carbonyl (C=O) groups excluding carboxylic acids is 2. The van der Waals surface area contributed by atoms with Gasteiger partial charge in [0.1, 0.15) is 0 Å². The van der Waals surface area contributed by atoms with Gasteiger partial charge in [-0.2, -0.15) is 0 Å². The lowest BCUT2D eigenvalue weighted by atomic mass is 10.1. The number of carboxylic acids is 1. The van der Waals surface area contributed by atoms with Crippen molar-refractivity contribution in [2.45, 2.75) is 26.4 Å². The molecule has 25 heavy (non-hydrogen) atoms. The van der Waals surface area contributed by atoms with E-state index in [4.69, 9.17) is 14.6 Å². The monoisotopic (exact) mass is 365 g/mol. The average molecular weight is 365 g/mol. The van der Waals surface area contributed by atoms with Gasteiger partial charge in [-0.1, -0.05) is 13.0 Å². The van der Waals surface area contributed by atoms with E-state index in [9.17, 15) is 14.4 Å². The minimum Gasteiger partial charge on any atom is -0.493 e. The number of imide groups is 1. The van der Waals surface area contributed by atoms with Gasteiger partial charge in [0.25, 0.3) is 11.1 Å². The minimum absolute atomic E-state index is 0.277. The minimum atomic E-state index is -1.09. The maximum Gasteiger partial charge on any atom is 0.344 e. The molecule has 1 fully saturated rings. The van der Waals surface area contributed by atoms with E-state index in [0.29, 0.717) is 29.2 Å². The van der Waals surface area contributed by atoms with Crippen molar-refractivity contribution in [3.05, 3.63) is 28.7 Å². The number of aliphatic carboxylic acids is 1. The molecule has 0 unspecified atom stereocenters. The van der Waals surface area contributed by atoms with Crippen molar-refractivity contribution in [1.29, 1.82) is 0 Å². The summed E-state index contributed by atoms with van der Waals surface area (Å²) in [6.45, 7) is 3.71. The second-order valence-electron chi connectivity index (χ2n) is 5.34. The molecule has 0 radical (unpaired) electrons. The lowest BCUT2D eigenvalue weighted by molar-refractivity contribution is -0.144. The summed E-state index contributed by atoms with van der Waals surface area (Å²) < 4.78 is 10.6. The third-order valence-electron chi connectivity index (χ3n) is 3.46. The van der Waals surface area contributed by atoms with E-state index in [2.05, 4.69) is 0 Å². The largest absolute Gasteiger partial charge is 0.493 e. The standard InChI is InChI=1S/C17H19NO6S/c1-4-7-18-15(19)14(25-17(18)22)9-11-5-6-12(13(8-11)23-3)24-10(2)16(20)21/h5-6,8-10H,4,7H2,1-3H3,(H,20,21)/b14-9-/t10-/m0/s1. The number of carboxylic acid groups (broad SMARTS) is 1. The fourth-order valence-corrected chi connectivity index (χ4v) is 3.04. The van der Waals surface area contributed by atoms with Gasteiger partial charge in [-0.3, -0.25) is 14.5 Å². The van der Waals surface area contributed by atoms with Crippen LogP contribution in [0.1, 0.15) is 25.8 Å². The van der Waals surface area contributed by atoms with E-state index in [1.54, 1.807) is 24.3 Å². The Balaban J connectivity index is 2.25. The van der Waals surface area contributed by atoms with Crippen molar-refractivity contribution in [2.24, 2.45) is 0 Å². The van der Waals surface area contributed by atoms with Crippen molar-refractivity contribution in [3.8, 4) is 11.5 Å². The maximum absolute atomic E-state index is 12.2. The van der Waals surface area contributed by atoms with Crippen molar-refractivity contribution in [3.63, 3.8) is 0 Å². The zero-order valence-corrected chi connectivity index (χ0v) is 15.0. The molecule has 1 aliphatic rings. The Morgan fingerprint density at radius 3 is 2.68 bits per heavy atom. The van der Waals surface area contributed by atoms with E-state index in [1.165, 1.54) is 18.9 Å². The van der Waals surface area contributed by atoms with Crippen LogP contribution in [0.5, 0.6) is 11.5 Å². The zero-order valence-electron chi connectivity index (χ0n) is 14.1. The third-order valence-corrected chi connectivity index (χ3v) is 4.37. The van der Waals surface area contributed by atoms with Crippen LogP contribution in [-0.4, -0.2) is 46.9 Å². The lowest BCUT2D eigenvalue weighted by Crippen LogP contribution is -2.28. The number of carbonyl (C=O) groups is 3. The summed E-state index contributed by atoms with van der Waals surface area (Å²) in [5.74, 6) is -0.769. The highest BCUT2D eigenvalue weighted by Crippen LogP contribution is 2.34. The predicted molar refractivity (Wildman–Crippen MR) is 93.7 cm³/mol. The fraction of sp³-hybridized carbons (Fsp3) is 0.353. The Morgan fingerprint density at radius 2 is 2.08 bits per heavy atom. The van der Waals surface area contributed by atoms with Gasteiger partial charge in [-0.15, -0.1) is 0 Å². The van der Waals surface area contributed by atoms with Gasteiger partial charge in [-0.05, 0) is 48.9 Å². The second-order valence-corrected chi connectivity index (χ2v) is 6.34. The molecular formula is C17H19NO6S. The van der Waals surface area contributed by atoms with Crippen LogP contribution in [0.15, 0.2) is 23.1 Å². The van der Waals surface area contributed by atoms with Crippen molar-refractivity contribution >= 4 is 35.0 Å². The van der Waals surface area contributed by atoms with E-state index >= 15 is 0 Å². The van der Waals surface area contributed by atoms with Crippen LogP contribution in [0.4, 0.5) is 4.79 Å². The molecule has 7 nitrogen and oxygen atoms in total. The molecule has 0 aromatic heterocycles. The van der Waals surface area contributed by atoms with Crippen LogP contribution in [0.3, 0.4) is 0 Å². The molecule has 0 aliphatic carbocycles. The summed E-state index contributed by atoms with van der Waals surface area (Å²) in [4.78, 5) is 36.6. The number of benzene rings is 1. The molecule has 1 atom stereocenters. The van der Waals surface area contributed by atoms with Crippen LogP contribution >= 0.6 is 11.8 Å². The first-order valence-electron chi connectivity index (χ1n) is 7.70. The Labute approximate surface area is 149 Å². The SMILES string of the molecule is CCCN1C(=O)S/C(=C\c2ccc(O[C@@H](C)C(=O)O)c(OC)c2)C1=O. The molecule has 1 aromatic carbocycles. The molecular weight excluding hydrogens is 346 g/mol. The van der Waals surface area contributed by atoms with Gasteiger partial charge in [0, 0.05) is 6.54 Å². The highest BCUT2D eigenvalue weighted by Gasteiger charge is 2.34. The molecule has 1 aromatic rings. The number of hydrogen-bond donors (Lipinski definition) is 1. The maximum atomic E-state index is 12.2. The molecule has 0 saturated carbocycles. The summed E-state index contributed by atoms with van der Waals surface area (Å²) in [6, 6.07) is 4.86. The summed E-state index contributed by atoms with van der Waals surface area (Å²) in [6.07, 6.45) is 1.28. The molecule has 134 valence electrons. The van der Waals surface area contributed by atoms with Crippen molar-refractivity contribution < 1.29 is 29.0 Å². The summed E-state index contributed by atoms with van der Waals surface area (Å²) >= 11 is 0.898.